The third-order valence-corrected chi connectivity index (χ3v) is 1.51. The van der Waals surface area contributed by atoms with Crippen molar-refractivity contribution < 1.29 is 14.0 Å². The largest absolute Gasteiger partial charge is 0.366 e. The van der Waals surface area contributed by atoms with E-state index in [0.29, 0.717) is 0 Å². The first kappa shape index (κ1) is 9.02. The van der Waals surface area contributed by atoms with Gasteiger partial charge in [0.05, 0.1) is 6.10 Å². The summed E-state index contributed by atoms with van der Waals surface area (Å²) < 4.78 is 14.6. The van der Waals surface area contributed by atoms with Crippen molar-refractivity contribution in [3.05, 3.63) is 0 Å². The van der Waals surface area contributed by atoms with Crippen LogP contribution in [0.5, 0.6) is 0 Å². The Hall–Kier alpha value is 0.0200. The van der Waals surface area contributed by atoms with E-state index < -0.39 is 8.25 Å². The summed E-state index contributed by atoms with van der Waals surface area (Å²) in [6.45, 7) is 3.79. The topological polar surface area (TPSA) is 46.5 Å². The molecule has 0 amide bonds. The first-order valence-corrected chi connectivity index (χ1v) is 4.12. The number of hydrogen-bond donors (Lipinski definition) is 1. The van der Waals surface area contributed by atoms with Gasteiger partial charge in [0.25, 0.3) is 0 Å². The highest BCUT2D eigenvalue weighted by molar-refractivity contribution is 7.32. The fourth-order valence-corrected chi connectivity index (χ4v) is 1.03. The Balaban J connectivity index is 3.26. The average Bonchev–Trinajstić information content (AvgIpc) is 1.63. The molecule has 0 aromatic rings. The third-order valence-electron chi connectivity index (χ3n) is 0.965. The molecule has 0 rings (SSSR count). The van der Waals surface area contributed by atoms with Crippen molar-refractivity contribution in [3.8, 4) is 0 Å². The van der Waals surface area contributed by atoms with Gasteiger partial charge in [-0.2, -0.15) is 0 Å². The SMILES string of the molecule is CCCC(C)O[P](=O)O. The zero-order valence-electron chi connectivity index (χ0n) is 5.70. The molecule has 0 aromatic carbocycles. The molecule has 55 valence electrons. The van der Waals surface area contributed by atoms with E-state index in [0.717, 1.165) is 12.8 Å². The molecule has 4 heteroatoms. The third kappa shape index (κ3) is 5.90. The lowest BCUT2D eigenvalue weighted by molar-refractivity contribution is 0.195. The van der Waals surface area contributed by atoms with E-state index in [1.54, 1.807) is 6.92 Å². The van der Waals surface area contributed by atoms with Gasteiger partial charge in [-0.3, -0.25) is 9.42 Å². The van der Waals surface area contributed by atoms with E-state index in [1.807, 2.05) is 6.92 Å². The zero-order chi connectivity index (χ0) is 7.28. The Bertz CT molecular complexity index is 94.2. The van der Waals surface area contributed by atoms with Crippen LogP contribution < -0.4 is 0 Å². The first-order valence-electron chi connectivity index (χ1n) is 2.99. The van der Waals surface area contributed by atoms with E-state index in [-0.39, 0.29) is 6.10 Å². The van der Waals surface area contributed by atoms with Gasteiger partial charge in [-0.25, -0.2) is 4.57 Å². The second kappa shape index (κ2) is 4.86. The molecule has 0 aliphatic heterocycles. The zero-order valence-corrected chi connectivity index (χ0v) is 6.60. The van der Waals surface area contributed by atoms with Crippen molar-refractivity contribution in [1.82, 2.24) is 0 Å². The molecule has 2 atom stereocenters. The van der Waals surface area contributed by atoms with Crippen LogP contribution in [-0.4, -0.2) is 11.0 Å². The number of rotatable bonds is 4. The maximum atomic E-state index is 10.0. The summed E-state index contributed by atoms with van der Waals surface area (Å²) in [5.74, 6) is 0. The summed E-state index contributed by atoms with van der Waals surface area (Å²) in [5.41, 5.74) is 0. The average molecular weight is 151 g/mol. The van der Waals surface area contributed by atoms with Crippen LogP contribution in [0.2, 0.25) is 0 Å². The van der Waals surface area contributed by atoms with Crippen molar-refractivity contribution in [2.45, 2.75) is 32.8 Å². The molecule has 9 heavy (non-hydrogen) atoms. The molecule has 0 aliphatic rings. The summed E-state index contributed by atoms with van der Waals surface area (Å²) in [5, 5.41) is 0. The minimum atomic E-state index is -2.40. The number of hydrogen-bond acceptors (Lipinski definition) is 2. The summed E-state index contributed by atoms with van der Waals surface area (Å²) in [6.07, 6.45) is 1.72. The van der Waals surface area contributed by atoms with Gasteiger partial charge in [-0.1, -0.05) is 13.3 Å². The Morgan fingerprint density at radius 3 is 2.67 bits per heavy atom. The maximum absolute atomic E-state index is 10.0. The highest BCUT2D eigenvalue weighted by atomic mass is 31.1. The van der Waals surface area contributed by atoms with Gasteiger partial charge < -0.3 is 0 Å². The second-order valence-electron chi connectivity index (χ2n) is 1.94. The first-order chi connectivity index (χ1) is 4.16. The predicted molar refractivity (Wildman–Crippen MR) is 35.3 cm³/mol. The summed E-state index contributed by atoms with van der Waals surface area (Å²) in [4.78, 5) is 8.24. The van der Waals surface area contributed by atoms with Gasteiger partial charge in [0.1, 0.15) is 0 Å². The van der Waals surface area contributed by atoms with Crippen LogP contribution in [-0.2, 0) is 9.09 Å². The fraction of sp³-hybridized carbons (Fsp3) is 1.00. The molecular formula is C5H12O3P. The molecule has 0 aromatic heterocycles. The molecular weight excluding hydrogens is 139 g/mol. The van der Waals surface area contributed by atoms with Gasteiger partial charge >= 0.3 is 8.25 Å². The van der Waals surface area contributed by atoms with E-state index in [9.17, 15) is 4.57 Å². The van der Waals surface area contributed by atoms with Crippen molar-refractivity contribution in [2.24, 2.45) is 0 Å². The van der Waals surface area contributed by atoms with E-state index >= 15 is 0 Å². The molecule has 0 saturated carbocycles. The smallest absolute Gasteiger partial charge is 0.298 e. The van der Waals surface area contributed by atoms with Gasteiger partial charge in [0, 0.05) is 0 Å². The van der Waals surface area contributed by atoms with Gasteiger partial charge in [-0.15, -0.1) is 0 Å². The molecule has 0 aliphatic carbocycles. The van der Waals surface area contributed by atoms with E-state index in [4.69, 9.17) is 4.89 Å². The lowest BCUT2D eigenvalue weighted by Crippen LogP contribution is -2.00. The fourth-order valence-electron chi connectivity index (χ4n) is 0.613. The highest BCUT2D eigenvalue weighted by Gasteiger charge is 2.03. The predicted octanol–water partition coefficient (Wildman–Crippen LogP) is 1.84. The van der Waals surface area contributed by atoms with Crippen LogP contribution in [0.4, 0.5) is 0 Å². The summed E-state index contributed by atoms with van der Waals surface area (Å²) >= 11 is 0. The monoisotopic (exact) mass is 151 g/mol. The molecule has 2 unspecified atom stereocenters. The van der Waals surface area contributed by atoms with Crippen molar-refractivity contribution in [3.63, 3.8) is 0 Å². The van der Waals surface area contributed by atoms with Gasteiger partial charge in [-0.05, 0) is 13.3 Å². The van der Waals surface area contributed by atoms with Crippen LogP contribution in [0.25, 0.3) is 0 Å². The van der Waals surface area contributed by atoms with Gasteiger partial charge in [0.2, 0.25) is 0 Å². The lowest BCUT2D eigenvalue weighted by atomic mass is 10.2. The molecule has 0 heterocycles. The Morgan fingerprint density at radius 1 is 1.78 bits per heavy atom. The molecule has 3 nitrogen and oxygen atoms in total. The van der Waals surface area contributed by atoms with E-state index in [1.165, 1.54) is 0 Å². The molecule has 1 N–H and O–H groups in total. The van der Waals surface area contributed by atoms with Crippen LogP contribution >= 0.6 is 8.25 Å². The minimum Gasteiger partial charge on any atom is -0.298 e. The molecule has 0 saturated heterocycles. The summed E-state index contributed by atoms with van der Waals surface area (Å²) in [7, 11) is -2.40. The van der Waals surface area contributed by atoms with Crippen LogP contribution in [0.1, 0.15) is 26.7 Å². The Morgan fingerprint density at radius 2 is 2.33 bits per heavy atom. The molecule has 0 bridgehead atoms. The van der Waals surface area contributed by atoms with Crippen LogP contribution in [0, 0.1) is 0 Å². The van der Waals surface area contributed by atoms with Crippen molar-refractivity contribution in [1.29, 1.82) is 0 Å². The molecule has 0 fully saturated rings. The molecule has 1 radical (unpaired) electrons. The molecule has 0 spiro atoms. The summed E-state index contributed by atoms with van der Waals surface area (Å²) in [6, 6.07) is 0. The quantitative estimate of drug-likeness (QED) is 0.623. The maximum Gasteiger partial charge on any atom is 0.366 e. The van der Waals surface area contributed by atoms with Gasteiger partial charge in [0.15, 0.2) is 0 Å². The normalized spacial score (nSPS) is 15.2. The minimum absolute atomic E-state index is 0.0939. The van der Waals surface area contributed by atoms with Crippen molar-refractivity contribution >= 4 is 8.25 Å². The highest BCUT2D eigenvalue weighted by Crippen LogP contribution is 2.19. The van der Waals surface area contributed by atoms with E-state index in [2.05, 4.69) is 4.52 Å². The van der Waals surface area contributed by atoms with Crippen molar-refractivity contribution in [2.75, 3.05) is 0 Å². The van der Waals surface area contributed by atoms with Crippen LogP contribution in [0.15, 0.2) is 0 Å². The lowest BCUT2D eigenvalue weighted by Gasteiger charge is -2.05. The Labute approximate surface area is 56.0 Å². The second-order valence-corrected chi connectivity index (χ2v) is 2.63. The van der Waals surface area contributed by atoms with Crippen LogP contribution in [0.3, 0.4) is 0 Å². The Kier molecular flexibility index (Phi) is 4.87. The standard InChI is InChI=1S/C5H12O3P/c1-3-4-5(2)8-9(6)7/h5H,3-4H2,1-2H3,(H,6,7).